The van der Waals surface area contributed by atoms with Gasteiger partial charge in [-0.3, -0.25) is 9.69 Å². The summed E-state index contributed by atoms with van der Waals surface area (Å²) in [5, 5.41) is 0.513. The van der Waals surface area contributed by atoms with Gasteiger partial charge in [0.2, 0.25) is 0 Å². The second-order valence-corrected chi connectivity index (χ2v) is 8.13. The number of hydrogen-bond acceptors (Lipinski definition) is 6. The average molecular weight is 321 g/mol. The molecule has 0 aromatic rings. The molecule has 0 bridgehead atoms. The smallest absolute Gasteiger partial charge is 0.320 e. The second kappa shape index (κ2) is 11.3. The summed E-state index contributed by atoms with van der Waals surface area (Å²) in [6.45, 7) is 11.7. The van der Waals surface area contributed by atoms with E-state index in [1.807, 2.05) is 16.7 Å². The van der Waals surface area contributed by atoms with Crippen molar-refractivity contribution in [2.45, 2.75) is 37.7 Å². The van der Waals surface area contributed by atoms with E-state index in [-0.39, 0.29) is 17.3 Å². The van der Waals surface area contributed by atoms with Crippen molar-refractivity contribution >= 4 is 17.7 Å². The molecule has 0 amide bonds. The predicted octanol–water partition coefficient (Wildman–Crippen LogP) is 2.04. The van der Waals surface area contributed by atoms with Crippen molar-refractivity contribution in [2.24, 2.45) is 0 Å². The maximum Gasteiger partial charge on any atom is 0.320 e. The van der Waals surface area contributed by atoms with Gasteiger partial charge in [-0.2, -0.15) is 0 Å². The highest BCUT2D eigenvalue weighted by Gasteiger charge is 2.23. The van der Waals surface area contributed by atoms with Gasteiger partial charge in [-0.1, -0.05) is 13.8 Å². The van der Waals surface area contributed by atoms with Crippen LogP contribution in [0.3, 0.4) is 0 Å². The van der Waals surface area contributed by atoms with Gasteiger partial charge in [0.1, 0.15) is 6.61 Å². The van der Waals surface area contributed by atoms with Crippen LogP contribution in [0.1, 0.15) is 27.7 Å². The van der Waals surface area contributed by atoms with E-state index in [1.165, 1.54) is 0 Å². The number of methoxy groups -OCH3 is 2. The Morgan fingerprint density at radius 2 is 1.67 bits per heavy atom. The van der Waals surface area contributed by atoms with Gasteiger partial charge in [-0.05, 0) is 19.1 Å². The fraction of sp³-hybridized carbons (Fsp3) is 0.933. The number of carbonyl (C=O) groups excluding carboxylic acids is 1. The van der Waals surface area contributed by atoms with E-state index in [1.54, 1.807) is 14.2 Å². The molecule has 0 radical (unpaired) electrons. The maximum atomic E-state index is 12.0. The zero-order valence-corrected chi connectivity index (χ0v) is 15.1. The lowest BCUT2D eigenvalue weighted by molar-refractivity contribution is -0.145. The molecule has 0 atom stereocenters. The fourth-order valence-electron chi connectivity index (χ4n) is 1.87. The van der Waals surface area contributed by atoms with Crippen molar-refractivity contribution in [3.05, 3.63) is 0 Å². The van der Waals surface area contributed by atoms with Crippen LogP contribution in [0.5, 0.6) is 0 Å². The molecule has 5 nitrogen and oxygen atoms in total. The molecule has 0 aliphatic rings. The predicted molar refractivity (Wildman–Crippen MR) is 88.0 cm³/mol. The molecule has 21 heavy (non-hydrogen) atoms. The number of hydrogen-bond donors (Lipinski definition) is 0. The summed E-state index contributed by atoms with van der Waals surface area (Å²) in [4.78, 5) is 13.9. The van der Waals surface area contributed by atoms with Gasteiger partial charge >= 0.3 is 5.97 Å². The lowest BCUT2D eigenvalue weighted by atomic mass is 10.2. The third-order valence-corrected chi connectivity index (χ3v) is 3.94. The normalized spacial score (nSPS) is 12.2. The monoisotopic (exact) mass is 321 g/mol. The van der Waals surface area contributed by atoms with Crippen molar-refractivity contribution in [3.8, 4) is 0 Å². The van der Waals surface area contributed by atoms with Gasteiger partial charge in [0.05, 0.1) is 19.8 Å². The molecule has 126 valence electrons. The maximum absolute atomic E-state index is 12.0. The summed E-state index contributed by atoms with van der Waals surface area (Å²) in [5.74, 6) is -0.195. The molecule has 0 heterocycles. The van der Waals surface area contributed by atoms with E-state index < -0.39 is 0 Å². The number of esters is 1. The number of rotatable bonds is 12. The van der Waals surface area contributed by atoms with Crippen LogP contribution >= 0.6 is 11.8 Å². The summed E-state index contributed by atoms with van der Waals surface area (Å²) < 4.78 is 15.5. The molecule has 0 aromatic carbocycles. The molecule has 0 fully saturated rings. The first kappa shape index (κ1) is 20.7. The highest BCUT2D eigenvalue weighted by Crippen LogP contribution is 2.28. The zero-order chi connectivity index (χ0) is 16.3. The quantitative estimate of drug-likeness (QED) is 0.513. The first-order chi connectivity index (χ1) is 9.80. The largest absolute Gasteiger partial charge is 0.463 e. The average Bonchev–Trinajstić information content (AvgIpc) is 2.38. The number of nitrogens with zero attached hydrogens (tertiary/aromatic N) is 1. The minimum atomic E-state index is -0.195. The van der Waals surface area contributed by atoms with Crippen LogP contribution in [0, 0.1) is 0 Å². The van der Waals surface area contributed by atoms with Gasteiger partial charge in [-0.25, -0.2) is 0 Å². The first-order valence-corrected chi connectivity index (χ1v) is 8.22. The number of thioether (sulfide) groups is 1. The van der Waals surface area contributed by atoms with Crippen molar-refractivity contribution in [1.82, 2.24) is 4.90 Å². The Balaban J connectivity index is 4.17. The van der Waals surface area contributed by atoms with Crippen molar-refractivity contribution in [2.75, 3.05) is 53.7 Å². The third-order valence-electron chi connectivity index (χ3n) is 2.71. The molecule has 0 saturated heterocycles. The van der Waals surface area contributed by atoms with Gasteiger partial charge in [0.25, 0.3) is 0 Å². The van der Waals surface area contributed by atoms with Crippen LogP contribution in [-0.2, 0) is 19.0 Å². The molecule has 0 aliphatic heterocycles. The lowest BCUT2D eigenvalue weighted by Crippen LogP contribution is -2.37. The fourth-order valence-corrected chi connectivity index (χ4v) is 3.27. The van der Waals surface area contributed by atoms with Gasteiger partial charge in [-0.15, -0.1) is 11.8 Å². The Morgan fingerprint density at radius 1 is 1.14 bits per heavy atom. The van der Waals surface area contributed by atoms with Gasteiger partial charge in [0, 0.05) is 32.1 Å². The van der Waals surface area contributed by atoms with Crippen molar-refractivity contribution < 1.29 is 19.0 Å². The summed E-state index contributed by atoms with van der Waals surface area (Å²) in [5.41, 5.74) is 0. The van der Waals surface area contributed by atoms with E-state index >= 15 is 0 Å². The molecule has 0 aliphatic carbocycles. The van der Waals surface area contributed by atoms with Gasteiger partial charge < -0.3 is 14.2 Å². The Kier molecular flexibility index (Phi) is 11.1. The van der Waals surface area contributed by atoms with Crippen molar-refractivity contribution in [1.29, 1.82) is 0 Å². The zero-order valence-electron chi connectivity index (χ0n) is 14.3. The molecule has 0 aromatic heterocycles. The highest BCUT2D eigenvalue weighted by atomic mass is 32.2. The Bertz CT molecular complexity index is 277. The summed E-state index contributed by atoms with van der Waals surface area (Å²) in [6.07, 6.45) is 0. The van der Waals surface area contributed by atoms with Crippen LogP contribution in [-0.4, -0.2) is 74.5 Å². The molecule has 0 saturated carbocycles. The second-order valence-electron chi connectivity index (χ2n) is 5.85. The van der Waals surface area contributed by atoms with Crippen LogP contribution in [0.4, 0.5) is 0 Å². The van der Waals surface area contributed by atoms with Crippen LogP contribution in [0.2, 0.25) is 0 Å². The first-order valence-electron chi connectivity index (χ1n) is 7.34. The molecule has 0 unspecified atom stereocenters. The number of carbonyl (C=O) groups is 1. The van der Waals surface area contributed by atoms with Gasteiger partial charge in [0.15, 0.2) is 0 Å². The number of ether oxygens (including phenoxy) is 3. The summed E-state index contributed by atoms with van der Waals surface area (Å²) in [6, 6.07) is 0. The van der Waals surface area contributed by atoms with E-state index in [4.69, 9.17) is 14.2 Å². The van der Waals surface area contributed by atoms with E-state index in [0.717, 1.165) is 0 Å². The molecule has 0 N–H and O–H groups in total. The topological polar surface area (TPSA) is 48.0 Å². The standard InChI is InChI=1S/C15H31NO4S/c1-13(2)21-15(3,4)12-20-14(17)11-16(7-9-18-5)8-10-19-6/h13H,7-12H2,1-6H3. The minimum absolute atomic E-state index is 0.0618. The molecule has 0 spiro atoms. The lowest BCUT2D eigenvalue weighted by Gasteiger charge is -2.26. The summed E-state index contributed by atoms with van der Waals surface area (Å²) in [7, 11) is 3.30. The molecular weight excluding hydrogens is 290 g/mol. The van der Waals surface area contributed by atoms with Crippen LogP contribution < -0.4 is 0 Å². The van der Waals surface area contributed by atoms with E-state index in [0.29, 0.717) is 38.2 Å². The molecule has 0 rings (SSSR count). The minimum Gasteiger partial charge on any atom is -0.463 e. The summed E-state index contributed by atoms with van der Waals surface area (Å²) >= 11 is 1.81. The highest BCUT2D eigenvalue weighted by molar-refractivity contribution is 8.01. The van der Waals surface area contributed by atoms with Crippen LogP contribution in [0.25, 0.3) is 0 Å². The molecular formula is C15H31NO4S. The third kappa shape index (κ3) is 12.0. The molecule has 6 heteroatoms. The Morgan fingerprint density at radius 3 is 2.10 bits per heavy atom. The van der Waals surface area contributed by atoms with Crippen LogP contribution in [0.15, 0.2) is 0 Å². The van der Waals surface area contributed by atoms with E-state index in [2.05, 4.69) is 27.7 Å². The SMILES string of the molecule is COCCN(CCOC)CC(=O)OCC(C)(C)SC(C)C. The van der Waals surface area contributed by atoms with E-state index in [9.17, 15) is 4.79 Å². The Labute approximate surface area is 133 Å². The Hall–Kier alpha value is -0.300. The van der Waals surface area contributed by atoms with Crippen molar-refractivity contribution in [3.63, 3.8) is 0 Å².